The molecule has 0 aliphatic carbocycles. The molecule has 1 aromatic carbocycles. The smallest absolute Gasteiger partial charge is 0.0587 e. The molecule has 1 aromatic rings. The lowest BCUT2D eigenvalue weighted by Crippen LogP contribution is -2.52. The van der Waals surface area contributed by atoms with Crippen LogP contribution in [-0.2, 0) is 0 Å². The highest BCUT2D eigenvalue weighted by Crippen LogP contribution is 2.13. The van der Waals surface area contributed by atoms with Crippen molar-refractivity contribution < 1.29 is 0 Å². The maximum atomic E-state index is 5.89. The average molecular weight is 248 g/mol. The van der Waals surface area contributed by atoms with Crippen LogP contribution in [0.3, 0.4) is 0 Å². The number of hydrazine groups is 1. The zero-order valence-electron chi connectivity index (χ0n) is 11.4. The molecule has 0 saturated carbocycles. The van der Waals surface area contributed by atoms with Crippen molar-refractivity contribution >= 4 is 0 Å². The molecule has 1 unspecified atom stereocenters. The van der Waals surface area contributed by atoms with E-state index in [-0.39, 0.29) is 6.04 Å². The number of nitrogens with zero attached hydrogens (tertiary/aromatic N) is 2. The fourth-order valence-corrected chi connectivity index (χ4v) is 2.22. The molecule has 2 rings (SSSR count). The van der Waals surface area contributed by atoms with Crippen LogP contribution in [0.15, 0.2) is 24.3 Å². The number of hydrogen-bond donors (Lipinski definition) is 2. The summed E-state index contributed by atoms with van der Waals surface area (Å²) < 4.78 is 0. The highest BCUT2D eigenvalue weighted by atomic mass is 15.5. The lowest BCUT2D eigenvalue weighted by molar-refractivity contribution is 0.0880. The van der Waals surface area contributed by atoms with Crippen molar-refractivity contribution in [2.75, 3.05) is 39.8 Å². The minimum atomic E-state index is 0.217. The summed E-state index contributed by atoms with van der Waals surface area (Å²) >= 11 is 0. The second kappa shape index (κ2) is 6.29. The normalized spacial score (nSPS) is 19.9. The Labute approximate surface area is 110 Å². The van der Waals surface area contributed by atoms with Gasteiger partial charge < -0.3 is 10.6 Å². The van der Waals surface area contributed by atoms with Gasteiger partial charge in [-0.05, 0) is 19.5 Å². The van der Waals surface area contributed by atoms with E-state index in [1.54, 1.807) is 0 Å². The maximum absolute atomic E-state index is 5.89. The first-order chi connectivity index (χ1) is 8.69. The summed E-state index contributed by atoms with van der Waals surface area (Å²) in [6, 6.07) is 8.83. The lowest BCUT2D eigenvalue weighted by Gasteiger charge is -2.35. The van der Waals surface area contributed by atoms with Crippen molar-refractivity contribution in [3.05, 3.63) is 35.4 Å². The van der Waals surface area contributed by atoms with Crippen molar-refractivity contribution in [2.45, 2.75) is 13.0 Å². The van der Waals surface area contributed by atoms with Gasteiger partial charge in [-0.15, -0.1) is 0 Å². The third-order valence-electron chi connectivity index (χ3n) is 3.56. The van der Waals surface area contributed by atoms with Gasteiger partial charge in [-0.2, -0.15) is 0 Å². The van der Waals surface area contributed by atoms with Crippen LogP contribution in [0, 0.1) is 6.92 Å². The Morgan fingerprint density at radius 1 is 1.17 bits per heavy atom. The van der Waals surface area contributed by atoms with E-state index in [1.807, 2.05) is 0 Å². The molecule has 0 spiro atoms. The molecule has 0 amide bonds. The minimum Gasteiger partial charge on any atom is -0.329 e. The van der Waals surface area contributed by atoms with Crippen LogP contribution in [-0.4, -0.2) is 49.7 Å². The highest BCUT2D eigenvalue weighted by Gasteiger charge is 2.17. The Kier molecular flexibility index (Phi) is 4.72. The van der Waals surface area contributed by atoms with Gasteiger partial charge in [0, 0.05) is 32.7 Å². The zero-order chi connectivity index (χ0) is 13.0. The number of hydrogen-bond acceptors (Lipinski definition) is 4. The van der Waals surface area contributed by atoms with Crippen molar-refractivity contribution in [3.63, 3.8) is 0 Å². The lowest BCUT2D eigenvalue weighted by atomic mass is 10.1. The van der Waals surface area contributed by atoms with Gasteiger partial charge in [0.1, 0.15) is 0 Å². The maximum Gasteiger partial charge on any atom is 0.0587 e. The third-order valence-corrected chi connectivity index (χ3v) is 3.56. The molecule has 4 nitrogen and oxygen atoms in total. The summed E-state index contributed by atoms with van der Waals surface area (Å²) in [5.41, 5.74) is 12.0. The summed E-state index contributed by atoms with van der Waals surface area (Å²) in [6.45, 7) is 7.05. The topological polar surface area (TPSA) is 44.5 Å². The SMILES string of the molecule is Cc1ccc(C(CN)NN2CCN(C)CC2)cc1. The van der Waals surface area contributed by atoms with E-state index in [4.69, 9.17) is 5.73 Å². The number of piperazine rings is 1. The second-order valence-electron chi connectivity index (χ2n) is 5.12. The predicted octanol–water partition coefficient (Wildman–Crippen LogP) is 0.747. The molecular formula is C14H24N4. The van der Waals surface area contributed by atoms with Crippen LogP contribution < -0.4 is 11.2 Å². The minimum absolute atomic E-state index is 0.217. The van der Waals surface area contributed by atoms with Crippen LogP contribution >= 0.6 is 0 Å². The molecule has 1 aliphatic rings. The monoisotopic (exact) mass is 248 g/mol. The van der Waals surface area contributed by atoms with Crippen molar-refractivity contribution in [1.29, 1.82) is 0 Å². The summed E-state index contributed by atoms with van der Waals surface area (Å²) in [4.78, 5) is 2.35. The quantitative estimate of drug-likeness (QED) is 0.825. The first-order valence-electron chi connectivity index (χ1n) is 6.65. The molecule has 3 N–H and O–H groups in total. The van der Waals surface area contributed by atoms with Gasteiger partial charge >= 0.3 is 0 Å². The number of rotatable bonds is 4. The van der Waals surface area contributed by atoms with Crippen LogP contribution in [0.1, 0.15) is 17.2 Å². The second-order valence-corrected chi connectivity index (χ2v) is 5.12. The molecule has 18 heavy (non-hydrogen) atoms. The number of nitrogens with one attached hydrogen (secondary N) is 1. The van der Waals surface area contributed by atoms with Crippen LogP contribution in [0.5, 0.6) is 0 Å². The first-order valence-corrected chi connectivity index (χ1v) is 6.65. The molecular weight excluding hydrogens is 224 g/mol. The number of aryl methyl sites for hydroxylation is 1. The number of benzene rings is 1. The van der Waals surface area contributed by atoms with Gasteiger partial charge in [-0.25, -0.2) is 10.4 Å². The van der Waals surface area contributed by atoms with Crippen LogP contribution in [0.25, 0.3) is 0 Å². The van der Waals surface area contributed by atoms with Gasteiger partial charge in [-0.1, -0.05) is 29.8 Å². The van der Waals surface area contributed by atoms with E-state index in [0.717, 1.165) is 26.2 Å². The molecule has 100 valence electrons. The Morgan fingerprint density at radius 2 is 1.78 bits per heavy atom. The van der Waals surface area contributed by atoms with E-state index in [1.165, 1.54) is 11.1 Å². The molecule has 1 aliphatic heterocycles. The van der Waals surface area contributed by atoms with Crippen molar-refractivity contribution in [1.82, 2.24) is 15.3 Å². The highest BCUT2D eigenvalue weighted by molar-refractivity contribution is 5.24. The summed E-state index contributed by atoms with van der Waals surface area (Å²) in [5, 5.41) is 2.29. The predicted molar refractivity (Wildman–Crippen MR) is 75.2 cm³/mol. The van der Waals surface area contributed by atoms with Gasteiger partial charge in [0.25, 0.3) is 0 Å². The van der Waals surface area contributed by atoms with Crippen LogP contribution in [0.2, 0.25) is 0 Å². The van der Waals surface area contributed by atoms with Crippen molar-refractivity contribution in [3.8, 4) is 0 Å². The molecule has 1 atom stereocenters. The van der Waals surface area contributed by atoms with E-state index < -0.39 is 0 Å². The van der Waals surface area contributed by atoms with Crippen molar-refractivity contribution in [2.24, 2.45) is 5.73 Å². The Balaban J connectivity index is 1.94. The van der Waals surface area contributed by atoms with Gasteiger partial charge in [0.05, 0.1) is 6.04 Å². The fraction of sp³-hybridized carbons (Fsp3) is 0.571. The van der Waals surface area contributed by atoms with Gasteiger partial charge in [-0.3, -0.25) is 0 Å². The molecule has 0 radical (unpaired) electrons. The standard InChI is InChI=1S/C14H24N4/c1-12-3-5-13(6-4-12)14(11-15)16-18-9-7-17(2)8-10-18/h3-6,14,16H,7-11,15H2,1-2H3. The molecule has 4 heteroatoms. The third kappa shape index (κ3) is 3.53. The molecule has 1 saturated heterocycles. The summed E-state index contributed by atoms with van der Waals surface area (Å²) in [5.74, 6) is 0. The average Bonchev–Trinajstić information content (AvgIpc) is 2.39. The van der Waals surface area contributed by atoms with E-state index >= 15 is 0 Å². The zero-order valence-corrected chi connectivity index (χ0v) is 11.4. The Bertz CT molecular complexity index is 355. The molecule has 0 bridgehead atoms. The van der Waals surface area contributed by atoms with Crippen LogP contribution in [0.4, 0.5) is 0 Å². The molecule has 1 fully saturated rings. The summed E-state index contributed by atoms with van der Waals surface area (Å²) in [6.07, 6.45) is 0. The van der Waals surface area contributed by atoms with E-state index in [0.29, 0.717) is 6.54 Å². The van der Waals surface area contributed by atoms with Gasteiger partial charge in [0.15, 0.2) is 0 Å². The largest absolute Gasteiger partial charge is 0.329 e. The fourth-order valence-electron chi connectivity index (χ4n) is 2.22. The Morgan fingerprint density at radius 3 is 2.33 bits per heavy atom. The Hall–Kier alpha value is -0.940. The number of likely N-dealkylation sites (N-methyl/N-ethyl adjacent to an activating group) is 1. The number of nitrogens with two attached hydrogens (primary N) is 1. The molecule has 0 aromatic heterocycles. The van der Waals surface area contributed by atoms with E-state index in [2.05, 4.69) is 53.6 Å². The van der Waals surface area contributed by atoms with E-state index in [9.17, 15) is 0 Å². The first kappa shape index (κ1) is 13.5. The molecule has 1 heterocycles. The van der Waals surface area contributed by atoms with Gasteiger partial charge in [0.2, 0.25) is 0 Å². The summed E-state index contributed by atoms with van der Waals surface area (Å²) in [7, 11) is 2.16.